The second-order valence-corrected chi connectivity index (χ2v) is 7.06. The Labute approximate surface area is 167 Å². The Balaban J connectivity index is 1.83. The van der Waals surface area contributed by atoms with Gasteiger partial charge in [-0.15, -0.1) is 0 Å². The molecule has 1 unspecified atom stereocenters. The van der Waals surface area contributed by atoms with Crippen molar-refractivity contribution < 1.29 is 13.5 Å². The van der Waals surface area contributed by atoms with Gasteiger partial charge in [0.1, 0.15) is 17.3 Å². The van der Waals surface area contributed by atoms with E-state index in [1.54, 1.807) is 0 Å². The lowest BCUT2D eigenvalue weighted by Gasteiger charge is -2.24. The maximum absolute atomic E-state index is 15.0. The third-order valence-electron chi connectivity index (χ3n) is 4.93. The molecule has 1 fully saturated rings. The number of fused-ring (bicyclic) bond motifs is 1. The molecule has 0 saturated carbocycles. The van der Waals surface area contributed by atoms with Crippen LogP contribution in [0.2, 0.25) is 0 Å². The molecule has 0 amide bonds. The van der Waals surface area contributed by atoms with Crippen molar-refractivity contribution in [3.8, 4) is 11.3 Å². The van der Waals surface area contributed by atoms with E-state index in [9.17, 15) is 8.78 Å². The van der Waals surface area contributed by atoms with Gasteiger partial charge in [-0.2, -0.15) is 0 Å². The number of nitrogens with one attached hydrogen (secondary N) is 2. The van der Waals surface area contributed by atoms with Crippen LogP contribution in [-0.2, 0) is 11.2 Å². The summed E-state index contributed by atoms with van der Waals surface area (Å²) >= 11 is 0. The minimum atomic E-state index is -0.693. The lowest BCUT2D eigenvalue weighted by atomic mass is 10.0. The zero-order valence-electron chi connectivity index (χ0n) is 16.1. The Morgan fingerprint density at radius 1 is 1.34 bits per heavy atom. The third kappa shape index (κ3) is 3.94. The van der Waals surface area contributed by atoms with Gasteiger partial charge in [-0.05, 0) is 36.8 Å². The molecule has 1 atom stereocenters. The molecule has 2 aromatic heterocycles. The number of imidazole rings is 1. The van der Waals surface area contributed by atoms with Gasteiger partial charge in [0.15, 0.2) is 0 Å². The van der Waals surface area contributed by atoms with E-state index in [4.69, 9.17) is 10.5 Å². The van der Waals surface area contributed by atoms with E-state index in [1.807, 2.05) is 29.7 Å². The van der Waals surface area contributed by atoms with E-state index in [0.29, 0.717) is 36.6 Å². The fourth-order valence-electron chi connectivity index (χ4n) is 3.59. The van der Waals surface area contributed by atoms with Crippen LogP contribution < -0.4 is 16.4 Å². The van der Waals surface area contributed by atoms with Crippen LogP contribution >= 0.6 is 0 Å². The van der Waals surface area contributed by atoms with Gasteiger partial charge in [0, 0.05) is 43.8 Å². The summed E-state index contributed by atoms with van der Waals surface area (Å²) in [5.41, 5.74) is 8.07. The van der Waals surface area contributed by atoms with Crippen molar-refractivity contribution in [2.45, 2.75) is 19.4 Å². The van der Waals surface area contributed by atoms with Gasteiger partial charge in [-0.25, -0.2) is 13.8 Å². The molecule has 1 aliphatic heterocycles. The summed E-state index contributed by atoms with van der Waals surface area (Å²) in [7, 11) is 0. The van der Waals surface area contributed by atoms with Crippen LogP contribution in [0.4, 0.5) is 14.5 Å². The number of aryl methyl sites for hydroxylation is 1. The number of nitrogens with two attached hydrogens (primary N) is 1. The van der Waals surface area contributed by atoms with Crippen LogP contribution in [0.25, 0.3) is 16.9 Å². The first-order valence-corrected chi connectivity index (χ1v) is 9.49. The summed E-state index contributed by atoms with van der Waals surface area (Å²) in [6.45, 7) is 4.03. The lowest BCUT2D eigenvalue weighted by molar-refractivity contribution is 0.0286. The van der Waals surface area contributed by atoms with Gasteiger partial charge in [0.05, 0.1) is 29.7 Å². The molecule has 4 rings (SSSR count). The Kier molecular flexibility index (Phi) is 5.46. The number of morpholine rings is 1. The van der Waals surface area contributed by atoms with Crippen molar-refractivity contribution in [2.75, 3.05) is 25.0 Å². The number of rotatable bonds is 5. The zero-order chi connectivity index (χ0) is 20.4. The highest BCUT2D eigenvalue weighted by molar-refractivity contribution is 5.70. The largest absolute Gasteiger partial charge is 0.403 e. The average Bonchev–Trinajstić information content (AvgIpc) is 3.03. The van der Waals surface area contributed by atoms with Gasteiger partial charge < -0.3 is 25.5 Å². The van der Waals surface area contributed by atoms with Crippen LogP contribution in [0.1, 0.15) is 11.3 Å². The molecule has 0 bridgehead atoms. The highest BCUT2D eigenvalue weighted by Gasteiger charge is 2.25. The quantitative estimate of drug-likeness (QED) is 0.615. The Bertz CT molecular complexity index is 1030. The number of ether oxygens (including phenoxy) is 1. The van der Waals surface area contributed by atoms with Crippen molar-refractivity contribution >= 4 is 11.3 Å². The molecule has 3 heterocycles. The van der Waals surface area contributed by atoms with E-state index in [-0.39, 0.29) is 17.4 Å². The summed E-state index contributed by atoms with van der Waals surface area (Å²) in [6, 6.07) is 6.30. The predicted octanol–water partition coefficient (Wildman–Crippen LogP) is 2.96. The number of aromatic nitrogens is 2. The molecule has 0 aliphatic carbocycles. The molecule has 6 nitrogen and oxygen atoms in total. The minimum Gasteiger partial charge on any atom is -0.403 e. The number of benzene rings is 1. The van der Waals surface area contributed by atoms with E-state index in [2.05, 4.69) is 15.6 Å². The monoisotopic (exact) mass is 399 g/mol. The van der Waals surface area contributed by atoms with Crippen molar-refractivity contribution in [1.82, 2.24) is 14.7 Å². The van der Waals surface area contributed by atoms with Gasteiger partial charge in [0.25, 0.3) is 0 Å². The zero-order valence-corrected chi connectivity index (χ0v) is 16.1. The fourth-order valence-corrected chi connectivity index (χ4v) is 3.59. The van der Waals surface area contributed by atoms with Crippen molar-refractivity contribution in [3.63, 3.8) is 0 Å². The van der Waals surface area contributed by atoms with Crippen LogP contribution in [0.15, 0.2) is 42.9 Å². The maximum atomic E-state index is 15.0. The first-order valence-electron chi connectivity index (χ1n) is 9.49. The topological polar surface area (TPSA) is 76.6 Å². The summed E-state index contributed by atoms with van der Waals surface area (Å²) in [5.74, 6) is -1.39. The maximum Gasteiger partial charge on any atom is 0.137 e. The van der Waals surface area contributed by atoms with Crippen LogP contribution in [-0.4, -0.2) is 35.2 Å². The number of anilines is 1. The molecular formula is C21H23F2N5O. The van der Waals surface area contributed by atoms with E-state index >= 15 is 0 Å². The number of nitrogens with zero attached hydrogens (tertiary/aromatic N) is 2. The van der Waals surface area contributed by atoms with Crippen molar-refractivity contribution in [1.29, 1.82) is 0 Å². The van der Waals surface area contributed by atoms with Gasteiger partial charge in [0.2, 0.25) is 0 Å². The molecule has 0 spiro atoms. The van der Waals surface area contributed by atoms with E-state index in [0.717, 1.165) is 12.1 Å². The van der Waals surface area contributed by atoms with Crippen molar-refractivity contribution in [2.24, 2.45) is 5.73 Å². The number of hydrogen-bond acceptors (Lipinski definition) is 5. The summed E-state index contributed by atoms with van der Waals surface area (Å²) in [5, 5.41) is 6.02. The second kappa shape index (κ2) is 8.18. The molecule has 0 radical (unpaired) electrons. The number of pyridine rings is 1. The first-order chi connectivity index (χ1) is 14.1. The third-order valence-corrected chi connectivity index (χ3v) is 4.93. The molecule has 8 heteroatoms. The SMILES string of the molecule is Cc1ccn2c(CC3CNCCO3)c(-c3c(F)cc(N/C=C\N)cc3F)nc2c1. The molecule has 1 saturated heterocycles. The molecule has 4 N–H and O–H groups in total. The fraction of sp³-hybridized carbons (Fsp3) is 0.286. The second-order valence-electron chi connectivity index (χ2n) is 7.06. The smallest absolute Gasteiger partial charge is 0.137 e. The average molecular weight is 399 g/mol. The lowest BCUT2D eigenvalue weighted by Crippen LogP contribution is -2.39. The molecule has 1 aliphatic rings. The standard InChI is InChI=1S/C21H23F2N5O/c1-13-2-6-28-18(11-15-12-25-5-7-29-15)21(27-19(28)8-13)20-16(22)9-14(10-17(20)23)26-4-3-24/h2-4,6,8-10,15,25-26H,5,7,11-12,24H2,1H3/b4-3-. The van der Waals surface area contributed by atoms with Crippen LogP contribution in [0, 0.1) is 18.6 Å². The molecule has 3 aromatic rings. The summed E-state index contributed by atoms with van der Waals surface area (Å²) in [4.78, 5) is 4.58. The number of halogens is 2. The summed E-state index contributed by atoms with van der Waals surface area (Å²) in [6.07, 6.45) is 4.93. The minimum absolute atomic E-state index is 0.0922. The summed E-state index contributed by atoms with van der Waals surface area (Å²) < 4.78 is 37.6. The highest BCUT2D eigenvalue weighted by atomic mass is 19.1. The van der Waals surface area contributed by atoms with Gasteiger partial charge in [-0.1, -0.05) is 0 Å². The van der Waals surface area contributed by atoms with Gasteiger partial charge >= 0.3 is 0 Å². The van der Waals surface area contributed by atoms with Gasteiger partial charge in [-0.3, -0.25) is 0 Å². The van der Waals surface area contributed by atoms with E-state index < -0.39 is 11.6 Å². The Hall–Kier alpha value is -2.97. The Morgan fingerprint density at radius 3 is 2.83 bits per heavy atom. The van der Waals surface area contributed by atoms with Crippen LogP contribution in [0.5, 0.6) is 0 Å². The Morgan fingerprint density at radius 2 is 2.14 bits per heavy atom. The number of hydrogen-bond donors (Lipinski definition) is 3. The van der Waals surface area contributed by atoms with Crippen LogP contribution in [0.3, 0.4) is 0 Å². The molecular weight excluding hydrogens is 376 g/mol. The first kappa shape index (κ1) is 19.4. The normalized spacial score (nSPS) is 17.3. The molecule has 152 valence electrons. The van der Waals surface area contributed by atoms with E-state index in [1.165, 1.54) is 24.5 Å². The van der Waals surface area contributed by atoms with Crippen molar-refractivity contribution in [3.05, 3.63) is 65.8 Å². The predicted molar refractivity (Wildman–Crippen MR) is 109 cm³/mol. The molecule has 29 heavy (non-hydrogen) atoms. The highest BCUT2D eigenvalue weighted by Crippen LogP contribution is 2.32. The molecule has 1 aromatic carbocycles.